The minimum Gasteiger partial charge on any atom is -0.374 e. The Hall–Kier alpha value is -0.0800. The Morgan fingerprint density at radius 2 is 1.89 bits per heavy atom. The van der Waals surface area contributed by atoms with E-state index < -0.39 is 0 Å². The Kier molecular flexibility index (Phi) is 4.19. The summed E-state index contributed by atoms with van der Waals surface area (Å²) in [6.07, 6.45) is 13.4. The number of ether oxygens (including phenoxy) is 1. The van der Waals surface area contributed by atoms with E-state index in [1.807, 2.05) is 0 Å². The van der Waals surface area contributed by atoms with E-state index in [2.05, 4.69) is 19.2 Å². The lowest BCUT2D eigenvalue weighted by molar-refractivity contribution is -0.169. The first kappa shape index (κ1) is 13.9. The predicted molar refractivity (Wildman–Crippen MR) is 79.3 cm³/mol. The van der Waals surface area contributed by atoms with E-state index >= 15 is 0 Å². The molecule has 0 aromatic carbocycles. The highest BCUT2D eigenvalue weighted by Crippen LogP contribution is 2.55. The Labute approximate surface area is 118 Å². The first-order valence-electron chi connectivity index (χ1n) is 8.63. The van der Waals surface area contributed by atoms with Crippen molar-refractivity contribution in [2.45, 2.75) is 89.9 Å². The van der Waals surface area contributed by atoms with Gasteiger partial charge in [0.15, 0.2) is 0 Å². The van der Waals surface area contributed by atoms with Gasteiger partial charge in [-0.2, -0.15) is 0 Å². The van der Waals surface area contributed by atoms with Crippen LogP contribution in [0.1, 0.15) is 71.6 Å². The standard InChI is InChI=1S/C17H31NO/c1-3-18-15-12-16(17(15)9-4-5-10-17)19-14-8-6-7-13(2)11-14/h13-16,18H,3-12H2,1-2H3. The average molecular weight is 265 g/mol. The zero-order valence-electron chi connectivity index (χ0n) is 12.8. The van der Waals surface area contributed by atoms with Crippen molar-refractivity contribution < 1.29 is 4.74 Å². The first-order valence-corrected chi connectivity index (χ1v) is 8.63. The van der Waals surface area contributed by atoms with Gasteiger partial charge in [-0.15, -0.1) is 0 Å². The fourth-order valence-electron chi connectivity index (χ4n) is 4.91. The van der Waals surface area contributed by atoms with Crippen LogP contribution in [-0.2, 0) is 4.74 Å². The van der Waals surface area contributed by atoms with E-state index in [1.165, 1.54) is 57.8 Å². The van der Waals surface area contributed by atoms with Crippen molar-refractivity contribution in [1.82, 2.24) is 5.32 Å². The number of rotatable bonds is 4. The van der Waals surface area contributed by atoms with Crippen LogP contribution in [-0.4, -0.2) is 24.8 Å². The first-order chi connectivity index (χ1) is 9.24. The summed E-state index contributed by atoms with van der Waals surface area (Å²) in [5.74, 6) is 0.878. The van der Waals surface area contributed by atoms with E-state index in [9.17, 15) is 0 Å². The predicted octanol–water partition coefficient (Wildman–Crippen LogP) is 3.89. The molecule has 0 aromatic heterocycles. The minimum absolute atomic E-state index is 0.511. The summed E-state index contributed by atoms with van der Waals surface area (Å²) in [4.78, 5) is 0. The van der Waals surface area contributed by atoms with Gasteiger partial charge in [0.25, 0.3) is 0 Å². The number of hydrogen-bond donors (Lipinski definition) is 1. The number of hydrogen-bond acceptors (Lipinski definition) is 2. The van der Waals surface area contributed by atoms with Crippen molar-refractivity contribution in [3.8, 4) is 0 Å². The summed E-state index contributed by atoms with van der Waals surface area (Å²) in [7, 11) is 0. The molecular weight excluding hydrogens is 234 g/mol. The minimum atomic E-state index is 0.511. The van der Waals surface area contributed by atoms with E-state index in [-0.39, 0.29) is 0 Å². The molecular formula is C17H31NO. The lowest BCUT2D eigenvalue weighted by atomic mass is 9.60. The van der Waals surface area contributed by atoms with Gasteiger partial charge < -0.3 is 10.1 Å². The third-order valence-electron chi connectivity index (χ3n) is 6.01. The van der Waals surface area contributed by atoms with Crippen LogP contribution < -0.4 is 5.32 Å². The molecule has 0 heterocycles. The second-order valence-corrected chi connectivity index (χ2v) is 7.30. The van der Waals surface area contributed by atoms with Crippen molar-refractivity contribution in [2.24, 2.45) is 11.3 Å². The molecule has 2 heteroatoms. The van der Waals surface area contributed by atoms with Gasteiger partial charge in [0.2, 0.25) is 0 Å². The maximum Gasteiger partial charge on any atom is 0.0665 e. The van der Waals surface area contributed by atoms with Crippen LogP contribution in [0.4, 0.5) is 0 Å². The highest BCUT2D eigenvalue weighted by molar-refractivity contribution is 5.10. The molecule has 4 unspecified atom stereocenters. The van der Waals surface area contributed by atoms with Crippen molar-refractivity contribution in [3.05, 3.63) is 0 Å². The second-order valence-electron chi connectivity index (χ2n) is 7.30. The van der Waals surface area contributed by atoms with E-state index in [1.54, 1.807) is 0 Å². The fourth-order valence-corrected chi connectivity index (χ4v) is 4.91. The lowest BCUT2D eigenvalue weighted by Crippen LogP contribution is -2.63. The van der Waals surface area contributed by atoms with Crippen LogP contribution >= 0.6 is 0 Å². The molecule has 1 spiro atoms. The molecule has 19 heavy (non-hydrogen) atoms. The summed E-state index contributed by atoms with van der Waals surface area (Å²) >= 11 is 0. The molecule has 3 aliphatic carbocycles. The average Bonchev–Trinajstić information content (AvgIpc) is 2.90. The molecule has 3 rings (SSSR count). The SMILES string of the molecule is CCNC1CC(OC2CCCC(C)C2)C12CCCC2. The summed E-state index contributed by atoms with van der Waals surface area (Å²) in [6.45, 7) is 5.74. The lowest BCUT2D eigenvalue weighted by Gasteiger charge is -2.55. The maximum atomic E-state index is 6.57. The normalized spacial score (nSPS) is 41.4. The third-order valence-corrected chi connectivity index (χ3v) is 6.01. The highest BCUT2D eigenvalue weighted by atomic mass is 16.5. The van der Waals surface area contributed by atoms with Gasteiger partial charge in [-0.05, 0) is 44.6 Å². The van der Waals surface area contributed by atoms with Crippen LogP contribution in [0.2, 0.25) is 0 Å². The van der Waals surface area contributed by atoms with E-state index in [4.69, 9.17) is 4.74 Å². The van der Waals surface area contributed by atoms with Crippen molar-refractivity contribution in [2.75, 3.05) is 6.54 Å². The van der Waals surface area contributed by atoms with Gasteiger partial charge in [0.05, 0.1) is 12.2 Å². The van der Waals surface area contributed by atoms with E-state index in [0.717, 1.165) is 18.5 Å². The molecule has 2 nitrogen and oxygen atoms in total. The van der Waals surface area contributed by atoms with Gasteiger partial charge in [-0.3, -0.25) is 0 Å². The summed E-state index contributed by atoms with van der Waals surface area (Å²) in [6, 6.07) is 0.742. The highest BCUT2D eigenvalue weighted by Gasteiger charge is 2.56. The van der Waals surface area contributed by atoms with Crippen molar-refractivity contribution in [3.63, 3.8) is 0 Å². The molecule has 0 aromatic rings. The quantitative estimate of drug-likeness (QED) is 0.832. The van der Waals surface area contributed by atoms with Gasteiger partial charge in [0.1, 0.15) is 0 Å². The monoisotopic (exact) mass is 265 g/mol. The van der Waals surface area contributed by atoms with Gasteiger partial charge in [-0.1, -0.05) is 39.5 Å². The largest absolute Gasteiger partial charge is 0.374 e. The summed E-state index contributed by atoms with van der Waals surface area (Å²) in [5, 5.41) is 3.71. The smallest absolute Gasteiger partial charge is 0.0665 e. The Balaban J connectivity index is 1.59. The Bertz CT molecular complexity index is 298. The fraction of sp³-hybridized carbons (Fsp3) is 1.00. The van der Waals surface area contributed by atoms with Crippen LogP contribution in [0.15, 0.2) is 0 Å². The van der Waals surface area contributed by atoms with Gasteiger partial charge in [-0.25, -0.2) is 0 Å². The van der Waals surface area contributed by atoms with Crippen LogP contribution in [0.5, 0.6) is 0 Å². The van der Waals surface area contributed by atoms with Crippen molar-refractivity contribution >= 4 is 0 Å². The summed E-state index contributed by atoms with van der Waals surface area (Å²) < 4.78 is 6.57. The molecule has 3 fully saturated rings. The molecule has 1 N–H and O–H groups in total. The summed E-state index contributed by atoms with van der Waals surface area (Å²) in [5.41, 5.74) is 0.511. The molecule has 110 valence electrons. The van der Waals surface area contributed by atoms with Gasteiger partial charge >= 0.3 is 0 Å². The molecule has 0 amide bonds. The van der Waals surface area contributed by atoms with Crippen LogP contribution in [0, 0.1) is 11.3 Å². The molecule has 0 bridgehead atoms. The van der Waals surface area contributed by atoms with Crippen LogP contribution in [0.3, 0.4) is 0 Å². The molecule has 0 radical (unpaired) electrons. The van der Waals surface area contributed by atoms with Crippen molar-refractivity contribution in [1.29, 1.82) is 0 Å². The number of nitrogens with one attached hydrogen (secondary N) is 1. The molecule has 3 saturated carbocycles. The van der Waals surface area contributed by atoms with Gasteiger partial charge in [0, 0.05) is 11.5 Å². The Morgan fingerprint density at radius 1 is 1.11 bits per heavy atom. The second kappa shape index (κ2) is 5.73. The maximum absolute atomic E-state index is 6.57. The molecule has 0 saturated heterocycles. The third kappa shape index (κ3) is 2.58. The Morgan fingerprint density at radius 3 is 2.58 bits per heavy atom. The molecule has 3 aliphatic rings. The topological polar surface area (TPSA) is 21.3 Å². The molecule has 4 atom stereocenters. The molecule has 0 aliphatic heterocycles. The van der Waals surface area contributed by atoms with E-state index in [0.29, 0.717) is 17.6 Å². The van der Waals surface area contributed by atoms with Crippen LogP contribution in [0.25, 0.3) is 0 Å². The zero-order valence-corrected chi connectivity index (χ0v) is 12.8. The zero-order chi connectivity index (χ0) is 13.3.